The molecule has 0 amide bonds. The van der Waals surface area contributed by atoms with Crippen molar-refractivity contribution >= 4 is 28.7 Å². The number of imidazole rings is 1. The summed E-state index contributed by atoms with van der Waals surface area (Å²) in [5, 5.41) is 13.3. The van der Waals surface area contributed by atoms with Crippen molar-refractivity contribution in [3.63, 3.8) is 0 Å². The molecule has 0 spiro atoms. The maximum atomic E-state index is 11.7. The fourth-order valence-corrected chi connectivity index (χ4v) is 3.95. The summed E-state index contributed by atoms with van der Waals surface area (Å²) < 4.78 is 7.32. The molecule has 28 heavy (non-hydrogen) atoms. The normalized spacial score (nSPS) is 15.2. The Morgan fingerprint density at radius 3 is 2.75 bits per heavy atom. The second kappa shape index (κ2) is 6.68. The molecule has 3 aromatic rings. The molecule has 1 unspecified atom stereocenters. The minimum absolute atomic E-state index is 0.0371. The minimum Gasteiger partial charge on any atom is -0.432 e. The number of esters is 1. The van der Waals surface area contributed by atoms with Crippen LogP contribution < -0.4 is 0 Å². The molecular weight excluding hydrogens is 380 g/mol. The molecule has 0 fully saturated rings. The Kier molecular flexibility index (Phi) is 4.31. The molecular formula is C19H16N4O4S. The Morgan fingerprint density at radius 2 is 2.11 bits per heavy atom. The van der Waals surface area contributed by atoms with E-state index in [9.17, 15) is 14.9 Å². The van der Waals surface area contributed by atoms with Gasteiger partial charge in [-0.2, -0.15) is 0 Å². The number of benzene rings is 1. The Labute approximate surface area is 164 Å². The number of thiophene rings is 1. The molecule has 8 nitrogen and oxygen atoms in total. The second-order valence-electron chi connectivity index (χ2n) is 6.35. The predicted octanol–water partition coefficient (Wildman–Crippen LogP) is 3.87. The molecule has 142 valence electrons. The van der Waals surface area contributed by atoms with Crippen molar-refractivity contribution in [2.24, 2.45) is 4.99 Å². The lowest BCUT2D eigenvalue weighted by molar-refractivity contribution is -0.384. The molecule has 2 aromatic heterocycles. The van der Waals surface area contributed by atoms with Crippen LogP contribution in [0.1, 0.15) is 40.8 Å². The number of aryl methyl sites for hydroxylation is 1. The monoisotopic (exact) mass is 396 g/mol. The highest BCUT2D eigenvalue weighted by atomic mass is 32.1. The lowest BCUT2D eigenvalue weighted by atomic mass is 10.0. The van der Waals surface area contributed by atoms with E-state index in [1.165, 1.54) is 30.4 Å². The van der Waals surface area contributed by atoms with Gasteiger partial charge < -0.3 is 4.74 Å². The topological polar surface area (TPSA) is 99.6 Å². The fourth-order valence-electron chi connectivity index (χ4n) is 3.22. The quantitative estimate of drug-likeness (QED) is 0.380. The molecule has 0 saturated carbocycles. The summed E-state index contributed by atoms with van der Waals surface area (Å²) in [7, 11) is 0. The highest BCUT2D eigenvalue weighted by Crippen LogP contribution is 2.35. The molecule has 1 aromatic carbocycles. The van der Waals surface area contributed by atoms with E-state index >= 15 is 0 Å². The standard InChI is InChI=1S/C19H16N4O4S/c1-10-11(2)22-15-7-6-13(23(25)26)9-14(15)17(16-5-4-8-28-16)21-19(18(22)20-10)27-12(3)24/h4-9,19H,1-3H3. The van der Waals surface area contributed by atoms with E-state index in [-0.39, 0.29) is 5.69 Å². The Balaban J connectivity index is 2.07. The summed E-state index contributed by atoms with van der Waals surface area (Å²) in [6.45, 7) is 5.07. The molecule has 0 aliphatic carbocycles. The SMILES string of the molecule is CC(=O)OC1N=C(c2cccs2)c2cc([N+](=O)[O-])ccc2-n2c1nc(C)c2C. The maximum absolute atomic E-state index is 11.7. The van der Waals surface area contributed by atoms with Gasteiger partial charge in [-0.3, -0.25) is 19.5 Å². The largest absolute Gasteiger partial charge is 0.432 e. The Hall–Kier alpha value is -3.33. The van der Waals surface area contributed by atoms with Crippen LogP contribution in [0.25, 0.3) is 5.69 Å². The summed E-state index contributed by atoms with van der Waals surface area (Å²) in [6.07, 6.45) is -0.951. The van der Waals surface area contributed by atoms with Crippen LogP contribution in [0.3, 0.4) is 0 Å². The first-order valence-electron chi connectivity index (χ1n) is 8.50. The summed E-state index contributed by atoms with van der Waals surface area (Å²) in [5.41, 5.74) is 3.41. The van der Waals surface area contributed by atoms with Crippen molar-refractivity contribution in [2.75, 3.05) is 0 Å². The van der Waals surface area contributed by atoms with Crippen molar-refractivity contribution in [3.8, 4) is 5.69 Å². The molecule has 1 atom stereocenters. The smallest absolute Gasteiger partial charge is 0.304 e. The summed E-state index contributed by atoms with van der Waals surface area (Å²) in [5.74, 6) is -0.0204. The van der Waals surface area contributed by atoms with Crippen LogP contribution in [0.15, 0.2) is 40.7 Å². The van der Waals surface area contributed by atoms with Crippen molar-refractivity contribution in [1.29, 1.82) is 0 Å². The highest BCUT2D eigenvalue weighted by Gasteiger charge is 2.31. The molecule has 9 heteroatoms. The van der Waals surface area contributed by atoms with Gasteiger partial charge >= 0.3 is 5.97 Å². The number of carbonyl (C=O) groups is 1. The number of rotatable bonds is 3. The van der Waals surface area contributed by atoms with Gasteiger partial charge in [0.2, 0.25) is 0 Å². The van der Waals surface area contributed by atoms with Crippen molar-refractivity contribution in [3.05, 3.63) is 73.5 Å². The lowest BCUT2D eigenvalue weighted by Crippen LogP contribution is -2.12. The maximum Gasteiger partial charge on any atom is 0.304 e. The third kappa shape index (κ3) is 2.89. The summed E-state index contributed by atoms with van der Waals surface area (Å²) >= 11 is 1.46. The number of fused-ring (bicyclic) bond motifs is 3. The number of non-ortho nitro benzene ring substituents is 1. The predicted molar refractivity (Wildman–Crippen MR) is 104 cm³/mol. The van der Waals surface area contributed by atoms with Crippen LogP contribution in [0.5, 0.6) is 0 Å². The van der Waals surface area contributed by atoms with Crippen LogP contribution in [0.2, 0.25) is 0 Å². The van der Waals surface area contributed by atoms with Gasteiger partial charge in [0.25, 0.3) is 11.9 Å². The van der Waals surface area contributed by atoms with E-state index in [2.05, 4.69) is 9.98 Å². The summed E-state index contributed by atoms with van der Waals surface area (Å²) in [4.78, 5) is 32.7. The summed E-state index contributed by atoms with van der Waals surface area (Å²) in [6, 6.07) is 8.39. The van der Waals surface area contributed by atoms with Crippen LogP contribution in [0.4, 0.5) is 5.69 Å². The number of nitro benzene ring substituents is 1. The molecule has 0 saturated heterocycles. The van der Waals surface area contributed by atoms with Crippen molar-refractivity contribution < 1.29 is 14.5 Å². The van der Waals surface area contributed by atoms with Gasteiger partial charge in [-0.1, -0.05) is 6.07 Å². The van der Waals surface area contributed by atoms with E-state index in [1.54, 1.807) is 6.07 Å². The molecule has 1 aliphatic heterocycles. The molecule has 0 radical (unpaired) electrons. The zero-order chi connectivity index (χ0) is 20.0. The van der Waals surface area contributed by atoms with Gasteiger partial charge in [-0.25, -0.2) is 9.98 Å². The molecule has 1 aliphatic rings. The Bertz CT molecular complexity index is 1130. The Morgan fingerprint density at radius 1 is 1.32 bits per heavy atom. The van der Waals surface area contributed by atoms with E-state index in [0.29, 0.717) is 22.8 Å². The van der Waals surface area contributed by atoms with E-state index in [4.69, 9.17) is 4.74 Å². The average Bonchev–Trinajstić information content (AvgIpc) is 3.24. The van der Waals surface area contributed by atoms with E-state index in [0.717, 1.165) is 16.3 Å². The zero-order valence-electron chi connectivity index (χ0n) is 15.4. The average molecular weight is 396 g/mol. The van der Waals surface area contributed by atoms with E-state index < -0.39 is 17.1 Å². The first kappa shape index (κ1) is 18.1. The van der Waals surface area contributed by atoms with Gasteiger partial charge in [-0.15, -0.1) is 11.3 Å². The molecule has 4 rings (SSSR count). The second-order valence-corrected chi connectivity index (χ2v) is 7.30. The number of aromatic nitrogens is 2. The molecule has 3 heterocycles. The van der Waals surface area contributed by atoms with Gasteiger partial charge in [0.1, 0.15) is 0 Å². The highest BCUT2D eigenvalue weighted by molar-refractivity contribution is 7.12. The number of hydrogen-bond donors (Lipinski definition) is 0. The van der Waals surface area contributed by atoms with Gasteiger partial charge in [-0.05, 0) is 31.4 Å². The van der Waals surface area contributed by atoms with Gasteiger partial charge in [0, 0.05) is 30.3 Å². The fraction of sp³-hybridized carbons (Fsp3) is 0.211. The molecule has 0 bridgehead atoms. The first-order valence-corrected chi connectivity index (χ1v) is 9.38. The number of hydrogen-bond acceptors (Lipinski definition) is 7. The third-order valence-corrected chi connectivity index (χ3v) is 5.43. The number of nitrogens with zero attached hydrogens (tertiary/aromatic N) is 4. The van der Waals surface area contributed by atoms with Crippen LogP contribution in [-0.4, -0.2) is 26.2 Å². The number of nitro groups is 1. The van der Waals surface area contributed by atoms with Gasteiger partial charge in [0.05, 0.1) is 26.9 Å². The van der Waals surface area contributed by atoms with Crippen LogP contribution >= 0.6 is 11.3 Å². The number of carbonyl (C=O) groups excluding carboxylic acids is 1. The van der Waals surface area contributed by atoms with Crippen molar-refractivity contribution in [2.45, 2.75) is 27.0 Å². The van der Waals surface area contributed by atoms with E-state index in [1.807, 2.05) is 35.9 Å². The third-order valence-electron chi connectivity index (χ3n) is 4.56. The lowest BCUT2D eigenvalue weighted by Gasteiger charge is -2.13. The van der Waals surface area contributed by atoms with Crippen molar-refractivity contribution in [1.82, 2.24) is 9.55 Å². The molecule has 0 N–H and O–H groups in total. The van der Waals surface area contributed by atoms with Gasteiger partial charge in [0.15, 0.2) is 5.82 Å². The number of ether oxygens (including phenoxy) is 1. The zero-order valence-corrected chi connectivity index (χ0v) is 16.2. The first-order chi connectivity index (χ1) is 13.4. The minimum atomic E-state index is -0.951. The van der Waals surface area contributed by atoms with Crippen LogP contribution in [-0.2, 0) is 9.53 Å². The van der Waals surface area contributed by atoms with Crippen LogP contribution in [0, 0.1) is 24.0 Å². The number of aliphatic imine (C=N–C) groups is 1.